The van der Waals surface area contributed by atoms with Crippen LogP contribution in [0.5, 0.6) is 0 Å². The molecule has 0 aliphatic carbocycles. The average molecular weight is 325 g/mol. The van der Waals surface area contributed by atoms with Gasteiger partial charge in [0.2, 0.25) is 0 Å². The second-order valence-corrected chi connectivity index (χ2v) is 3.78. The zero-order valence-electron chi connectivity index (χ0n) is 12.5. The lowest BCUT2D eigenvalue weighted by molar-refractivity contribution is -0.137. The summed E-state index contributed by atoms with van der Waals surface area (Å²) in [5.74, 6) is -2.15. The number of carbonyl (C=O) groups excluding carboxylic acids is 2. The Bertz CT molecular complexity index is 462. The lowest BCUT2D eigenvalue weighted by Crippen LogP contribution is -2.26. The fraction of sp³-hybridized carbons (Fsp3) is 0.429. The molecule has 22 heavy (non-hydrogen) atoms. The highest BCUT2D eigenvalue weighted by Crippen LogP contribution is 2.30. The van der Waals surface area contributed by atoms with E-state index in [1.165, 1.54) is 6.42 Å². The molecule has 0 unspecified atom stereocenters. The number of aliphatic hydroxyl groups excluding tert-OH is 1. The number of halogens is 4. The number of benzene rings is 1. The van der Waals surface area contributed by atoms with E-state index in [0.29, 0.717) is 24.5 Å². The van der Waals surface area contributed by atoms with E-state index in [9.17, 15) is 27.2 Å². The second kappa shape index (κ2) is 11.7. The Kier molecular flexibility index (Phi) is 11.8. The molecule has 1 amide bonds. The third-order valence-electron chi connectivity index (χ3n) is 1.88. The molecule has 0 spiro atoms. The molecule has 0 saturated carbocycles. The number of rotatable bonds is 3. The van der Waals surface area contributed by atoms with Crippen molar-refractivity contribution >= 4 is 12.2 Å². The molecule has 126 valence electrons. The van der Waals surface area contributed by atoms with E-state index in [0.717, 1.165) is 7.11 Å². The van der Waals surface area contributed by atoms with Crippen molar-refractivity contribution in [3.05, 3.63) is 35.1 Å². The molecule has 1 rings (SSSR count). The quantitative estimate of drug-likeness (QED) is 0.663. The molecule has 0 saturated heterocycles. The van der Waals surface area contributed by atoms with Crippen LogP contribution in [0.2, 0.25) is 0 Å². The predicted molar refractivity (Wildman–Crippen MR) is 73.9 cm³/mol. The standard InChI is InChI=1S/C10H7F4NO2.C3H8.CH4O/c11-8-2-1-6(10(12,13)14)5-7(8)9(17)15-3-4-16;1-3-2;1-2/h1-2,4-5H,3H2,(H,15,17);3H2,1-2H3;2H,1H3. The maximum atomic E-state index is 13.1. The summed E-state index contributed by atoms with van der Waals surface area (Å²) in [5.41, 5.74) is -1.88. The fourth-order valence-electron chi connectivity index (χ4n) is 1.11. The van der Waals surface area contributed by atoms with Crippen molar-refractivity contribution < 1.29 is 32.3 Å². The van der Waals surface area contributed by atoms with E-state index in [1.54, 1.807) is 0 Å². The molecule has 0 fully saturated rings. The number of aldehydes is 1. The number of aliphatic hydroxyl groups is 1. The Morgan fingerprint density at radius 3 is 2.18 bits per heavy atom. The first-order chi connectivity index (χ1) is 10.3. The third-order valence-corrected chi connectivity index (χ3v) is 1.88. The molecule has 0 aliphatic heterocycles. The monoisotopic (exact) mass is 325 g/mol. The zero-order chi connectivity index (χ0) is 17.8. The van der Waals surface area contributed by atoms with Gasteiger partial charge in [0.05, 0.1) is 17.7 Å². The summed E-state index contributed by atoms with van der Waals surface area (Å²) in [7, 11) is 1.00. The van der Waals surface area contributed by atoms with Crippen LogP contribution in [0.25, 0.3) is 0 Å². The number of hydrogen-bond donors (Lipinski definition) is 2. The highest BCUT2D eigenvalue weighted by atomic mass is 19.4. The Morgan fingerprint density at radius 2 is 1.77 bits per heavy atom. The molecule has 1 aromatic carbocycles. The molecule has 0 radical (unpaired) electrons. The molecule has 0 heterocycles. The minimum atomic E-state index is -4.66. The molecular weight excluding hydrogens is 306 g/mol. The van der Waals surface area contributed by atoms with Crippen LogP contribution < -0.4 is 5.32 Å². The lowest BCUT2D eigenvalue weighted by atomic mass is 10.1. The molecular formula is C14H19F4NO3. The van der Waals surface area contributed by atoms with Gasteiger partial charge in [0.1, 0.15) is 12.1 Å². The number of alkyl halides is 3. The summed E-state index contributed by atoms with van der Waals surface area (Å²) < 4.78 is 50.0. The number of hydrogen-bond acceptors (Lipinski definition) is 3. The summed E-state index contributed by atoms with van der Waals surface area (Å²) in [4.78, 5) is 21.2. The Morgan fingerprint density at radius 1 is 1.27 bits per heavy atom. The summed E-state index contributed by atoms with van der Waals surface area (Å²) >= 11 is 0. The maximum Gasteiger partial charge on any atom is 0.416 e. The first-order valence-corrected chi connectivity index (χ1v) is 6.31. The van der Waals surface area contributed by atoms with Gasteiger partial charge in [-0.25, -0.2) is 4.39 Å². The normalized spacial score (nSPS) is 9.64. The Hall–Kier alpha value is -1.96. The number of nitrogens with one attached hydrogen (secondary N) is 1. The molecule has 0 atom stereocenters. The van der Waals surface area contributed by atoms with Crippen molar-refractivity contribution in [2.75, 3.05) is 13.7 Å². The van der Waals surface area contributed by atoms with Crippen LogP contribution >= 0.6 is 0 Å². The van der Waals surface area contributed by atoms with Gasteiger partial charge in [0, 0.05) is 7.11 Å². The van der Waals surface area contributed by atoms with Gasteiger partial charge in [-0.15, -0.1) is 0 Å². The van der Waals surface area contributed by atoms with Gasteiger partial charge in [-0.2, -0.15) is 13.2 Å². The van der Waals surface area contributed by atoms with Gasteiger partial charge in [0.15, 0.2) is 0 Å². The minimum absolute atomic E-state index is 0.337. The van der Waals surface area contributed by atoms with Crippen molar-refractivity contribution in [1.82, 2.24) is 5.32 Å². The van der Waals surface area contributed by atoms with Crippen molar-refractivity contribution in [2.45, 2.75) is 26.4 Å². The van der Waals surface area contributed by atoms with E-state index in [4.69, 9.17) is 5.11 Å². The van der Waals surface area contributed by atoms with Gasteiger partial charge in [0.25, 0.3) is 5.91 Å². The van der Waals surface area contributed by atoms with Gasteiger partial charge in [-0.3, -0.25) is 4.79 Å². The summed E-state index contributed by atoms with van der Waals surface area (Å²) in [6.07, 6.45) is -3.07. The summed E-state index contributed by atoms with van der Waals surface area (Å²) in [6.45, 7) is 3.86. The Balaban J connectivity index is 0. The van der Waals surface area contributed by atoms with Gasteiger partial charge < -0.3 is 15.2 Å². The molecule has 0 aromatic heterocycles. The zero-order valence-corrected chi connectivity index (χ0v) is 12.5. The predicted octanol–water partition coefficient (Wildman–Crippen LogP) is 2.80. The second-order valence-electron chi connectivity index (χ2n) is 3.78. The highest BCUT2D eigenvalue weighted by Gasteiger charge is 2.31. The smallest absolute Gasteiger partial charge is 0.400 e. The van der Waals surface area contributed by atoms with E-state index in [1.807, 2.05) is 5.32 Å². The SMILES string of the molecule is CCC.CO.O=CCNC(=O)c1cc(C(F)(F)F)ccc1F. The number of amides is 1. The van der Waals surface area contributed by atoms with Crippen LogP contribution in [0, 0.1) is 5.82 Å². The van der Waals surface area contributed by atoms with Gasteiger partial charge in [-0.05, 0) is 18.2 Å². The third kappa shape index (κ3) is 8.35. The van der Waals surface area contributed by atoms with Crippen LogP contribution in [-0.2, 0) is 11.0 Å². The van der Waals surface area contributed by atoms with Gasteiger partial charge in [-0.1, -0.05) is 20.3 Å². The van der Waals surface area contributed by atoms with E-state index >= 15 is 0 Å². The molecule has 0 aliphatic rings. The van der Waals surface area contributed by atoms with Crippen LogP contribution in [0.3, 0.4) is 0 Å². The molecule has 8 heteroatoms. The highest BCUT2D eigenvalue weighted by molar-refractivity contribution is 5.95. The average Bonchev–Trinajstić information content (AvgIpc) is 2.47. The minimum Gasteiger partial charge on any atom is -0.400 e. The topological polar surface area (TPSA) is 66.4 Å². The molecule has 4 nitrogen and oxygen atoms in total. The van der Waals surface area contributed by atoms with Crippen molar-refractivity contribution in [2.24, 2.45) is 0 Å². The summed E-state index contributed by atoms with van der Waals surface area (Å²) in [6, 6.07) is 1.49. The first-order valence-electron chi connectivity index (χ1n) is 6.31. The van der Waals surface area contributed by atoms with Crippen LogP contribution in [-0.4, -0.2) is 31.0 Å². The van der Waals surface area contributed by atoms with E-state index < -0.39 is 35.6 Å². The lowest BCUT2D eigenvalue weighted by Gasteiger charge is -2.09. The molecule has 2 N–H and O–H groups in total. The molecule has 1 aromatic rings. The molecule has 0 bridgehead atoms. The van der Waals surface area contributed by atoms with E-state index in [-0.39, 0.29) is 0 Å². The van der Waals surface area contributed by atoms with Crippen molar-refractivity contribution in [1.29, 1.82) is 0 Å². The van der Waals surface area contributed by atoms with Crippen molar-refractivity contribution in [3.63, 3.8) is 0 Å². The number of carbonyl (C=O) groups is 2. The van der Waals surface area contributed by atoms with Crippen LogP contribution in [0.15, 0.2) is 18.2 Å². The fourth-order valence-corrected chi connectivity index (χ4v) is 1.11. The summed E-state index contributed by atoms with van der Waals surface area (Å²) in [5, 5.41) is 8.95. The van der Waals surface area contributed by atoms with Crippen molar-refractivity contribution in [3.8, 4) is 0 Å². The maximum absolute atomic E-state index is 13.1. The first kappa shape index (κ1) is 22.3. The van der Waals surface area contributed by atoms with Crippen LogP contribution in [0.4, 0.5) is 17.6 Å². The van der Waals surface area contributed by atoms with Gasteiger partial charge >= 0.3 is 6.18 Å². The van der Waals surface area contributed by atoms with E-state index in [2.05, 4.69) is 13.8 Å². The largest absolute Gasteiger partial charge is 0.416 e. The Labute approximate surface area is 126 Å². The van der Waals surface area contributed by atoms with Crippen LogP contribution in [0.1, 0.15) is 36.2 Å².